The summed E-state index contributed by atoms with van der Waals surface area (Å²) in [4.78, 5) is 4.73. The average molecular weight is 365 g/mol. The van der Waals surface area contributed by atoms with Crippen molar-refractivity contribution in [1.29, 1.82) is 0 Å². The average Bonchev–Trinajstić information content (AvgIpc) is 2.53. The molecule has 0 aliphatic rings. The largest absolute Gasteiger partial charge is 1.00 e. The van der Waals surface area contributed by atoms with Crippen molar-refractivity contribution in [3.63, 3.8) is 0 Å². The van der Waals surface area contributed by atoms with Crippen LogP contribution >= 0.6 is 0 Å². The summed E-state index contributed by atoms with van der Waals surface area (Å²) in [5.41, 5.74) is 0. The maximum absolute atomic E-state index is 6.27. The molecule has 1 aromatic carbocycles. The zero-order valence-corrected chi connectivity index (χ0v) is 16.4. The van der Waals surface area contributed by atoms with E-state index < -0.39 is 0 Å². The molecule has 1 unspecified atom stereocenters. The fourth-order valence-electron chi connectivity index (χ4n) is 2.42. The van der Waals surface area contributed by atoms with Gasteiger partial charge in [-0.25, -0.2) is 0 Å². The van der Waals surface area contributed by atoms with Gasteiger partial charge in [0.1, 0.15) is 0 Å². The van der Waals surface area contributed by atoms with Crippen LogP contribution in [0.1, 0.15) is 27.7 Å². The first kappa shape index (κ1) is 24.6. The van der Waals surface area contributed by atoms with Gasteiger partial charge in [0.2, 0.25) is 0 Å². The third kappa shape index (κ3) is 7.62. The normalized spacial score (nSPS) is 11.6. The van der Waals surface area contributed by atoms with Gasteiger partial charge < -0.3 is 34.3 Å². The summed E-state index contributed by atoms with van der Waals surface area (Å²) >= 11 is 0. The molecule has 0 bridgehead atoms. The quantitative estimate of drug-likeness (QED) is 0.415. The van der Waals surface area contributed by atoms with Crippen LogP contribution in [0.2, 0.25) is 0 Å². The lowest BCUT2D eigenvalue weighted by molar-refractivity contribution is -0.001000. The molecule has 23 heavy (non-hydrogen) atoms. The highest BCUT2D eigenvalue weighted by Gasteiger charge is 2.21. The third-order valence-electron chi connectivity index (χ3n) is 3.86. The molecule has 0 aromatic heterocycles. The molecule has 0 N–H and O–H groups in total. The predicted octanol–water partition coefficient (Wildman–Crippen LogP) is -2.91. The van der Waals surface area contributed by atoms with Crippen LogP contribution in [0.4, 0.5) is 0 Å². The van der Waals surface area contributed by atoms with E-state index in [1.54, 1.807) is 7.11 Å². The molecule has 4 nitrogen and oxygen atoms in total. The highest BCUT2D eigenvalue weighted by atomic mass is 35.5. The van der Waals surface area contributed by atoms with Crippen LogP contribution in [0.25, 0.3) is 0 Å². The Hall–Kier alpha value is -0.680. The first-order valence-electron chi connectivity index (χ1n) is 7.96. The molecule has 6 heteroatoms. The van der Waals surface area contributed by atoms with Gasteiger partial charge >= 0.3 is 0 Å². The van der Waals surface area contributed by atoms with Crippen molar-refractivity contribution in [2.75, 3.05) is 39.8 Å². The molecule has 0 heterocycles. The Balaban J connectivity index is 0. The number of ether oxygens (including phenoxy) is 2. The smallest absolute Gasteiger partial charge is 0.165 e. The molecule has 136 valence electrons. The van der Waals surface area contributed by atoms with Crippen molar-refractivity contribution >= 4 is 0 Å². The molecule has 0 radical (unpaired) electrons. The van der Waals surface area contributed by atoms with Crippen LogP contribution in [0.5, 0.6) is 11.5 Å². The zero-order valence-electron chi connectivity index (χ0n) is 14.9. The highest BCUT2D eigenvalue weighted by Crippen LogP contribution is 2.27. The Morgan fingerprint density at radius 2 is 1.39 bits per heavy atom. The van der Waals surface area contributed by atoms with Gasteiger partial charge in [0.15, 0.2) is 17.7 Å². The number of hydrogen-bond acceptors (Lipinski definition) is 4. The van der Waals surface area contributed by atoms with E-state index in [2.05, 4.69) is 37.5 Å². The lowest BCUT2D eigenvalue weighted by atomic mass is 10.3. The van der Waals surface area contributed by atoms with E-state index in [1.807, 2.05) is 24.3 Å². The number of methoxy groups -OCH3 is 1. The number of para-hydroxylation sites is 2. The topological polar surface area (TPSA) is 24.9 Å². The van der Waals surface area contributed by atoms with Crippen molar-refractivity contribution < 1.29 is 34.3 Å². The number of hydrogen-bond donors (Lipinski definition) is 0. The summed E-state index contributed by atoms with van der Waals surface area (Å²) in [5, 5.41) is 0. The number of nitrogens with zero attached hydrogens (tertiary/aromatic N) is 2. The number of benzene rings is 1. The Labute approximate surface area is 153 Å². The van der Waals surface area contributed by atoms with E-state index in [4.69, 9.17) is 9.47 Å². The van der Waals surface area contributed by atoms with Crippen LogP contribution in [-0.2, 0) is 0 Å². The molecule has 0 amide bonds. The minimum absolute atomic E-state index is 0. The second kappa shape index (κ2) is 13.7. The van der Waals surface area contributed by atoms with Crippen molar-refractivity contribution in [2.24, 2.45) is 0 Å². The first-order valence-corrected chi connectivity index (χ1v) is 7.96. The summed E-state index contributed by atoms with van der Waals surface area (Å²) in [5.74, 6) is 1.60. The monoisotopic (exact) mass is 364 g/mol. The van der Waals surface area contributed by atoms with E-state index in [0.717, 1.165) is 44.2 Å². The van der Waals surface area contributed by atoms with E-state index in [9.17, 15) is 0 Å². The van der Waals surface area contributed by atoms with Crippen LogP contribution in [-0.4, -0.2) is 55.9 Å². The first-order chi connectivity index (χ1) is 10.2. The van der Waals surface area contributed by atoms with Gasteiger partial charge in [0.05, 0.1) is 7.11 Å². The highest BCUT2D eigenvalue weighted by molar-refractivity contribution is 5.39. The van der Waals surface area contributed by atoms with Gasteiger partial charge in [-0.1, -0.05) is 39.8 Å². The number of rotatable bonds is 10. The Bertz CT molecular complexity index is 400. The van der Waals surface area contributed by atoms with Crippen LogP contribution < -0.4 is 34.3 Å². The molecule has 1 aromatic rings. The maximum Gasteiger partial charge on any atom is 0.165 e. The van der Waals surface area contributed by atoms with Gasteiger partial charge in [-0.05, 0) is 38.3 Å². The van der Waals surface area contributed by atoms with Crippen LogP contribution in [0.15, 0.2) is 24.3 Å². The standard InChI is InChI=1S/C17H30N2O2.2ClH/c1-6-18(7-2)14-17(19(8-3)9-4)21-16-13-11-10-12-15(16)20-5;;/h10-13,17H,6-9,14H2,1-5H3;2*1H/p-2. The Morgan fingerprint density at radius 1 is 0.870 bits per heavy atom. The molecule has 0 saturated heterocycles. The molecule has 0 aliphatic carbocycles. The molecular formula is C17H30Cl2N2O2-2. The fraction of sp³-hybridized carbons (Fsp3) is 0.647. The zero-order chi connectivity index (χ0) is 15.7. The van der Waals surface area contributed by atoms with Crippen LogP contribution in [0, 0.1) is 0 Å². The van der Waals surface area contributed by atoms with Crippen molar-refractivity contribution in [1.82, 2.24) is 9.80 Å². The van der Waals surface area contributed by atoms with E-state index in [-0.39, 0.29) is 31.0 Å². The Morgan fingerprint density at radius 3 is 1.83 bits per heavy atom. The van der Waals surface area contributed by atoms with Gasteiger partial charge in [-0.2, -0.15) is 0 Å². The predicted molar refractivity (Wildman–Crippen MR) is 88.1 cm³/mol. The van der Waals surface area contributed by atoms with Gasteiger partial charge in [-0.3, -0.25) is 9.80 Å². The fourth-order valence-corrected chi connectivity index (χ4v) is 2.42. The van der Waals surface area contributed by atoms with Crippen LogP contribution in [0.3, 0.4) is 0 Å². The third-order valence-corrected chi connectivity index (χ3v) is 3.86. The summed E-state index contributed by atoms with van der Waals surface area (Å²) in [6.45, 7) is 13.6. The lowest BCUT2D eigenvalue weighted by Gasteiger charge is -2.34. The van der Waals surface area contributed by atoms with E-state index in [0.29, 0.717) is 0 Å². The molecule has 0 fully saturated rings. The minimum Gasteiger partial charge on any atom is -1.00 e. The molecule has 0 aliphatic heterocycles. The maximum atomic E-state index is 6.27. The SMILES string of the molecule is CCN(CC)CC(Oc1ccccc1OC)N(CC)CC.[Cl-].[Cl-]. The van der Waals surface area contributed by atoms with E-state index in [1.165, 1.54) is 0 Å². The molecule has 1 rings (SSSR count). The van der Waals surface area contributed by atoms with Crippen molar-refractivity contribution in [3.05, 3.63) is 24.3 Å². The van der Waals surface area contributed by atoms with Crippen molar-refractivity contribution in [2.45, 2.75) is 33.9 Å². The van der Waals surface area contributed by atoms with Crippen molar-refractivity contribution in [3.8, 4) is 11.5 Å². The second-order valence-electron chi connectivity index (χ2n) is 4.93. The summed E-state index contributed by atoms with van der Waals surface area (Å²) in [6.07, 6.45) is 0.0381. The van der Waals surface area contributed by atoms with Gasteiger partial charge in [-0.15, -0.1) is 0 Å². The second-order valence-corrected chi connectivity index (χ2v) is 4.93. The van der Waals surface area contributed by atoms with Gasteiger partial charge in [0.25, 0.3) is 0 Å². The summed E-state index contributed by atoms with van der Waals surface area (Å²) < 4.78 is 11.7. The summed E-state index contributed by atoms with van der Waals surface area (Å²) in [7, 11) is 1.68. The molecular weight excluding hydrogens is 335 g/mol. The van der Waals surface area contributed by atoms with E-state index >= 15 is 0 Å². The number of halogens is 2. The lowest BCUT2D eigenvalue weighted by Crippen LogP contribution is -3.00. The molecule has 0 saturated carbocycles. The van der Waals surface area contributed by atoms with Gasteiger partial charge in [0, 0.05) is 6.54 Å². The minimum atomic E-state index is 0. The molecule has 0 spiro atoms. The molecule has 1 atom stereocenters. The summed E-state index contributed by atoms with van der Waals surface area (Å²) in [6, 6.07) is 7.85. The number of likely N-dealkylation sites (N-methyl/N-ethyl adjacent to an activating group) is 2. The Kier molecular flexibility index (Phi) is 14.7.